The number of para-hydroxylation sites is 4. The maximum absolute atomic E-state index is 13.4. The van der Waals surface area contributed by atoms with Gasteiger partial charge in [-0.05, 0) is 47.7 Å². The first kappa shape index (κ1) is 19.8. The summed E-state index contributed by atoms with van der Waals surface area (Å²) in [7, 11) is 3.19. The maximum Gasteiger partial charge on any atom is 0.271 e. The Morgan fingerprint density at radius 3 is 2.20 bits per heavy atom. The second-order valence-corrected chi connectivity index (χ2v) is 7.41. The van der Waals surface area contributed by atoms with Gasteiger partial charge in [-0.15, -0.1) is 0 Å². The molecule has 0 aromatic heterocycles. The maximum atomic E-state index is 13.4. The molecule has 0 bridgehead atoms. The van der Waals surface area contributed by atoms with E-state index >= 15 is 0 Å². The average molecular weight is 417 g/mol. The van der Waals surface area contributed by atoms with Gasteiger partial charge >= 0.3 is 0 Å². The summed E-state index contributed by atoms with van der Waals surface area (Å²) < 4.78 is 10.9. The fourth-order valence-electron chi connectivity index (χ4n) is 3.10. The molecule has 3 aromatic carbocycles. The Labute approximate surface area is 179 Å². The summed E-state index contributed by atoms with van der Waals surface area (Å²) in [5.41, 5.74) is 2.24. The number of nitrogens with zero attached hydrogens (tertiary/aromatic N) is 2. The minimum atomic E-state index is -0.151. The minimum absolute atomic E-state index is 0.151. The van der Waals surface area contributed by atoms with E-state index in [0.29, 0.717) is 32.9 Å². The van der Waals surface area contributed by atoms with Crippen LogP contribution in [0.2, 0.25) is 0 Å². The van der Waals surface area contributed by atoms with E-state index < -0.39 is 0 Å². The summed E-state index contributed by atoms with van der Waals surface area (Å²) >= 11 is 1.33. The van der Waals surface area contributed by atoms with Crippen LogP contribution in [-0.4, -0.2) is 25.3 Å². The van der Waals surface area contributed by atoms with Gasteiger partial charge in [0.15, 0.2) is 5.17 Å². The lowest BCUT2D eigenvalue weighted by molar-refractivity contribution is -0.113. The third-order valence-electron chi connectivity index (χ3n) is 4.53. The first-order chi connectivity index (χ1) is 14.7. The van der Waals surface area contributed by atoms with Crippen molar-refractivity contribution in [2.75, 3.05) is 19.1 Å². The van der Waals surface area contributed by atoms with Crippen LogP contribution in [0.15, 0.2) is 88.8 Å². The molecule has 0 aliphatic carbocycles. The second kappa shape index (κ2) is 8.88. The molecule has 0 unspecified atom stereocenters. The number of anilines is 1. The molecule has 0 atom stereocenters. The Morgan fingerprint density at radius 2 is 1.47 bits per heavy atom. The summed E-state index contributed by atoms with van der Waals surface area (Å²) in [6.45, 7) is 0. The van der Waals surface area contributed by atoms with Crippen molar-refractivity contribution in [2.45, 2.75) is 0 Å². The highest BCUT2D eigenvalue weighted by molar-refractivity contribution is 8.19. The van der Waals surface area contributed by atoms with Gasteiger partial charge in [0.1, 0.15) is 17.2 Å². The standard InChI is InChI=1S/C24H20N2O3S/c1-28-20-14-8-6-12-18(20)25-24-26(19-13-7-9-15-21(19)29-2)23(27)22(30-24)16-17-10-4-3-5-11-17/h3-16H,1-2H3/b22-16-,25-24?. The highest BCUT2D eigenvalue weighted by atomic mass is 32.2. The number of methoxy groups -OCH3 is 2. The Hall–Kier alpha value is -3.51. The fraction of sp³-hybridized carbons (Fsp3) is 0.0833. The van der Waals surface area contributed by atoms with Crippen LogP contribution in [0.5, 0.6) is 11.5 Å². The summed E-state index contributed by atoms with van der Waals surface area (Å²) in [5, 5.41) is 0.538. The van der Waals surface area contributed by atoms with Crippen LogP contribution in [0.1, 0.15) is 5.56 Å². The number of amidine groups is 1. The Morgan fingerprint density at radius 1 is 0.833 bits per heavy atom. The van der Waals surface area contributed by atoms with Gasteiger partial charge in [-0.25, -0.2) is 4.99 Å². The predicted octanol–water partition coefficient (Wildman–Crippen LogP) is 5.51. The van der Waals surface area contributed by atoms with E-state index in [4.69, 9.17) is 14.5 Å². The molecule has 1 saturated heterocycles. The number of hydrogen-bond donors (Lipinski definition) is 0. The van der Waals surface area contributed by atoms with Crippen LogP contribution in [0.25, 0.3) is 6.08 Å². The highest BCUT2D eigenvalue weighted by Gasteiger charge is 2.36. The third kappa shape index (κ3) is 3.95. The van der Waals surface area contributed by atoms with Gasteiger partial charge in [-0.1, -0.05) is 54.6 Å². The summed E-state index contributed by atoms with van der Waals surface area (Å²) in [5.74, 6) is 1.08. The number of aliphatic imine (C=N–C) groups is 1. The lowest BCUT2D eigenvalue weighted by Crippen LogP contribution is -2.29. The van der Waals surface area contributed by atoms with Crippen molar-refractivity contribution < 1.29 is 14.3 Å². The normalized spacial score (nSPS) is 16.3. The van der Waals surface area contributed by atoms with Crippen LogP contribution in [0, 0.1) is 0 Å². The first-order valence-corrected chi connectivity index (χ1v) is 10.2. The van der Waals surface area contributed by atoms with Gasteiger partial charge in [0.2, 0.25) is 0 Å². The molecule has 1 aliphatic heterocycles. The quantitative estimate of drug-likeness (QED) is 0.515. The molecule has 6 heteroatoms. The number of carbonyl (C=O) groups excluding carboxylic acids is 1. The molecular weight excluding hydrogens is 396 g/mol. The largest absolute Gasteiger partial charge is 0.495 e. The zero-order chi connectivity index (χ0) is 20.9. The van der Waals surface area contributed by atoms with Crippen LogP contribution in [0.4, 0.5) is 11.4 Å². The monoisotopic (exact) mass is 416 g/mol. The smallest absolute Gasteiger partial charge is 0.271 e. The Kier molecular flexibility index (Phi) is 5.86. The van der Waals surface area contributed by atoms with Crippen LogP contribution in [0.3, 0.4) is 0 Å². The van der Waals surface area contributed by atoms with E-state index in [1.54, 1.807) is 19.1 Å². The van der Waals surface area contributed by atoms with Crippen LogP contribution in [-0.2, 0) is 4.79 Å². The van der Waals surface area contributed by atoms with Crippen molar-refractivity contribution in [1.29, 1.82) is 0 Å². The van der Waals surface area contributed by atoms with E-state index in [2.05, 4.69) is 0 Å². The topological polar surface area (TPSA) is 51.1 Å². The van der Waals surface area contributed by atoms with E-state index in [1.807, 2.05) is 84.9 Å². The number of benzene rings is 3. The first-order valence-electron chi connectivity index (χ1n) is 9.35. The molecule has 0 N–H and O–H groups in total. The molecule has 5 nitrogen and oxygen atoms in total. The third-order valence-corrected chi connectivity index (χ3v) is 5.50. The number of carbonyl (C=O) groups is 1. The van der Waals surface area contributed by atoms with Gasteiger partial charge < -0.3 is 9.47 Å². The van der Waals surface area contributed by atoms with Crippen LogP contribution >= 0.6 is 11.8 Å². The van der Waals surface area contributed by atoms with Gasteiger partial charge in [0, 0.05) is 0 Å². The average Bonchev–Trinajstić information content (AvgIpc) is 3.09. The molecule has 150 valence electrons. The molecule has 1 amide bonds. The van der Waals surface area contributed by atoms with Crippen molar-refractivity contribution in [2.24, 2.45) is 4.99 Å². The SMILES string of the molecule is COc1ccccc1N=C1S/C(=C\c2ccccc2)C(=O)N1c1ccccc1OC. The second-order valence-electron chi connectivity index (χ2n) is 6.40. The van der Waals surface area contributed by atoms with Gasteiger partial charge in [0.25, 0.3) is 5.91 Å². The summed E-state index contributed by atoms with van der Waals surface area (Å²) in [6, 6.07) is 24.6. The van der Waals surface area contributed by atoms with Gasteiger partial charge in [-0.2, -0.15) is 0 Å². The van der Waals surface area contributed by atoms with E-state index in [1.165, 1.54) is 11.8 Å². The molecule has 0 radical (unpaired) electrons. The van der Waals surface area contributed by atoms with Crippen molar-refractivity contribution >= 4 is 40.3 Å². The molecular formula is C24H20N2O3S. The van der Waals surface area contributed by atoms with Crippen molar-refractivity contribution in [3.8, 4) is 11.5 Å². The number of thioether (sulfide) groups is 1. The Bertz CT molecular complexity index is 1130. The van der Waals surface area contributed by atoms with E-state index in [0.717, 1.165) is 5.56 Å². The van der Waals surface area contributed by atoms with Crippen molar-refractivity contribution in [1.82, 2.24) is 0 Å². The highest BCUT2D eigenvalue weighted by Crippen LogP contribution is 2.41. The van der Waals surface area contributed by atoms with Gasteiger partial charge in [0.05, 0.1) is 24.8 Å². The number of hydrogen-bond acceptors (Lipinski definition) is 5. The fourth-order valence-corrected chi connectivity index (χ4v) is 4.09. The molecule has 1 fully saturated rings. The van der Waals surface area contributed by atoms with Crippen molar-refractivity contribution in [3.05, 3.63) is 89.3 Å². The molecule has 30 heavy (non-hydrogen) atoms. The van der Waals surface area contributed by atoms with Crippen LogP contribution < -0.4 is 14.4 Å². The van der Waals surface area contributed by atoms with Gasteiger partial charge in [-0.3, -0.25) is 9.69 Å². The lowest BCUT2D eigenvalue weighted by Gasteiger charge is -2.18. The van der Waals surface area contributed by atoms with E-state index in [9.17, 15) is 4.79 Å². The Balaban J connectivity index is 1.84. The zero-order valence-electron chi connectivity index (χ0n) is 16.6. The number of rotatable bonds is 5. The summed E-state index contributed by atoms with van der Waals surface area (Å²) in [4.78, 5) is 20.3. The summed E-state index contributed by atoms with van der Waals surface area (Å²) in [6.07, 6.45) is 1.88. The molecule has 0 saturated carbocycles. The van der Waals surface area contributed by atoms with E-state index in [-0.39, 0.29) is 5.91 Å². The predicted molar refractivity (Wildman–Crippen MR) is 123 cm³/mol. The lowest BCUT2D eigenvalue weighted by atomic mass is 10.2. The molecule has 3 aromatic rings. The minimum Gasteiger partial charge on any atom is -0.495 e. The molecule has 4 rings (SSSR count). The molecule has 1 heterocycles. The zero-order valence-corrected chi connectivity index (χ0v) is 17.4. The molecule has 0 spiro atoms. The number of ether oxygens (including phenoxy) is 2. The number of amides is 1. The molecule has 1 aliphatic rings. The van der Waals surface area contributed by atoms with Crippen molar-refractivity contribution in [3.63, 3.8) is 0 Å².